The van der Waals surface area contributed by atoms with E-state index in [-0.39, 0.29) is 24.5 Å². The Morgan fingerprint density at radius 2 is 1.86 bits per heavy atom. The number of nitrogens with one attached hydrogen (secondary N) is 1. The molecule has 124 valence electrons. The minimum absolute atomic E-state index is 0. The predicted octanol–water partition coefficient (Wildman–Crippen LogP) is 1.63. The molecule has 0 spiro atoms. The van der Waals surface area contributed by atoms with E-state index in [9.17, 15) is 8.42 Å². The van der Waals surface area contributed by atoms with Gasteiger partial charge in [-0.2, -0.15) is 17.4 Å². The van der Waals surface area contributed by atoms with Crippen molar-refractivity contribution in [2.45, 2.75) is 63.5 Å². The molecular formula is C14H28ClN3O2S. The highest BCUT2D eigenvalue weighted by atomic mass is 35.5. The van der Waals surface area contributed by atoms with E-state index in [0.29, 0.717) is 24.9 Å². The Bertz CT molecular complexity index is 440. The molecule has 3 fully saturated rings. The van der Waals surface area contributed by atoms with Gasteiger partial charge >= 0.3 is 0 Å². The fourth-order valence-corrected chi connectivity index (χ4v) is 6.10. The van der Waals surface area contributed by atoms with Crippen LogP contribution < -0.4 is 10.5 Å². The Morgan fingerprint density at radius 1 is 1.14 bits per heavy atom. The SMILES string of the molecule is Cl.NCC(NS(=O)(=O)N1CC2CCC1C2)C1CCCCC1. The zero-order valence-electron chi connectivity index (χ0n) is 12.5. The molecular weight excluding hydrogens is 310 g/mol. The summed E-state index contributed by atoms with van der Waals surface area (Å²) in [5.41, 5.74) is 5.84. The van der Waals surface area contributed by atoms with E-state index >= 15 is 0 Å². The van der Waals surface area contributed by atoms with E-state index in [1.54, 1.807) is 4.31 Å². The summed E-state index contributed by atoms with van der Waals surface area (Å²) in [7, 11) is -3.35. The van der Waals surface area contributed by atoms with Crippen LogP contribution in [-0.4, -0.2) is 37.9 Å². The largest absolute Gasteiger partial charge is 0.329 e. The van der Waals surface area contributed by atoms with Gasteiger partial charge in [0.1, 0.15) is 0 Å². The van der Waals surface area contributed by atoms with E-state index in [0.717, 1.165) is 25.7 Å². The van der Waals surface area contributed by atoms with E-state index in [2.05, 4.69) is 4.72 Å². The first kappa shape index (κ1) is 17.5. The van der Waals surface area contributed by atoms with Crippen molar-refractivity contribution in [1.82, 2.24) is 9.03 Å². The van der Waals surface area contributed by atoms with Crippen molar-refractivity contribution in [2.75, 3.05) is 13.1 Å². The Balaban J connectivity index is 0.00000161. The fourth-order valence-electron chi connectivity index (χ4n) is 4.31. The van der Waals surface area contributed by atoms with Gasteiger partial charge in [-0.3, -0.25) is 0 Å². The summed E-state index contributed by atoms with van der Waals surface area (Å²) >= 11 is 0. The van der Waals surface area contributed by atoms with Crippen LogP contribution in [0, 0.1) is 11.8 Å². The summed E-state index contributed by atoms with van der Waals surface area (Å²) in [5.74, 6) is 1.01. The van der Waals surface area contributed by atoms with Crippen molar-refractivity contribution in [1.29, 1.82) is 0 Å². The minimum atomic E-state index is -3.35. The smallest absolute Gasteiger partial charge is 0.280 e. The van der Waals surface area contributed by atoms with Crippen LogP contribution in [0.3, 0.4) is 0 Å². The van der Waals surface area contributed by atoms with Crippen molar-refractivity contribution in [3.63, 3.8) is 0 Å². The number of hydrogen-bond acceptors (Lipinski definition) is 3. The molecule has 3 unspecified atom stereocenters. The highest BCUT2D eigenvalue weighted by Crippen LogP contribution is 2.39. The zero-order chi connectivity index (χ0) is 14.2. The Morgan fingerprint density at radius 3 is 2.38 bits per heavy atom. The third-order valence-corrected chi connectivity index (χ3v) is 7.11. The molecule has 3 N–H and O–H groups in total. The van der Waals surface area contributed by atoms with Crippen LogP contribution in [0.4, 0.5) is 0 Å². The van der Waals surface area contributed by atoms with Crippen molar-refractivity contribution < 1.29 is 8.42 Å². The van der Waals surface area contributed by atoms with Crippen molar-refractivity contribution in [3.05, 3.63) is 0 Å². The summed E-state index contributed by atoms with van der Waals surface area (Å²) in [6, 6.07) is 0.154. The highest BCUT2D eigenvalue weighted by molar-refractivity contribution is 7.87. The quantitative estimate of drug-likeness (QED) is 0.800. The van der Waals surface area contributed by atoms with E-state index < -0.39 is 10.2 Å². The maximum absolute atomic E-state index is 12.6. The van der Waals surface area contributed by atoms with Crippen LogP contribution in [0.5, 0.6) is 0 Å². The molecule has 0 aromatic carbocycles. The van der Waals surface area contributed by atoms with Crippen molar-refractivity contribution in [3.8, 4) is 0 Å². The number of halogens is 1. The van der Waals surface area contributed by atoms with E-state index in [1.807, 2.05) is 0 Å². The molecule has 0 amide bonds. The molecule has 2 saturated carbocycles. The molecule has 1 saturated heterocycles. The normalized spacial score (nSPS) is 32.0. The van der Waals surface area contributed by atoms with Gasteiger partial charge in [-0.1, -0.05) is 19.3 Å². The highest BCUT2D eigenvalue weighted by Gasteiger charge is 2.44. The zero-order valence-corrected chi connectivity index (χ0v) is 14.2. The molecule has 1 aliphatic heterocycles. The van der Waals surface area contributed by atoms with Gasteiger partial charge in [-0.05, 0) is 43.9 Å². The van der Waals surface area contributed by atoms with Crippen LogP contribution in [0.15, 0.2) is 0 Å². The van der Waals surface area contributed by atoms with Crippen LogP contribution >= 0.6 is 12.4 Å². The average molecular weight is 338 g/mol. The van der Waals surface area contributed by atoms with Gasteiger partial charge in [0, 0.05) is 25.2 Å². The van der Waals surface area contributed by atoms with E-state index in [4.69, 9.17) is 5.73 Å². The van der Waals surface area contributed by atoms with Gasteiger partial charge < -0.3 is 5.73 Å². The van der Waals surface area contributed by atoms with Crippen LogP contribution in [0.1, 0.15) is 51.4 Å². The number of nitrogens with two attached hydrogens (primary N) is 1. The van der Waals surface area contributed by atoms with Crippen LogP contribution in [0.2, 0.25) is 0 Å². The summed E-state index contributed by atoms with van der Waals surface area (Å²) in [5, 5.41) is 0. The van der Waals surface area contributed by atoms with Crippen molar-refractivity contribution >= 4 is 22.6 Å². The summed E-state index contributed by atoms with van der Waals surface area (Å²) in [4.78, 5) is 0. The standard InChI is InChI=1S/C14H27N3O2S.ClH/c15-9-14(12-4-2-1-3-5-12)16-20(18,19)17-10-11-6-7-13(17)8-11;/h11-14,16H,1-10,15H2;1H. The third kappa shape index (κ3) is 3.72. The second kappa shape index (κ2) is 7.13. The van der Waals surface area contributed by atoms with Gasteiger partial charge in [0.05, 0.1) is 0 Å². The maximum atomic E-state index is 12.6. The topological polar surface area (TPSA) is 75.4 Å². The number of nitrogens with zero attached hydrogens (tertiary/aromatic N) is 1. The number of hydrogen-bond donors (Lipinski definition) is 2. The molecule has 5 nitrogen and oxygen atoms in total. The molecule has 3 atom stereocenters. The molecule has 0 aromatic heterocycles. The molecule has 21 heavy (non-hydrogen) atoms. The van der Waals surface area contributed by atoms with Gasteiger partial charge in [0.15, 0.2) is 0 Å². The lowest BCUT2D eigenvalue weighted by molar-refractivity contribution is 0.280. The number of fused-ring (bicyclic) bond motifs is 2. The van der Waals surface area contributed by atoms with Gasteiger partial charge in [-0.15, -0.1) is 12.4 Å². The van der Waals surface area contributed by atoms with Crippen molar-refractivity contribution in [2.24, 2.45) is 17.6 Å². The summed E-state index contributed by atoms with van der Waals surface area (Å²) < 4.78 is 29.8. The van der Waals surface area contributed by atoms with Gasteiger partial charge in [0.2, 0.25) is 0 Å². The molecule has 0 radical (unpaired) electrons. The Labute approximate surface area is 134 Å². The minimum Gasteiger partial charge on any atom is -0.329 e. The average Bonchev–Trinajstić information content (AvgIpc) is 3.09. The third-order valence-electron chi connectivity index (χ3n) is 5.44. The van der Waals surface area contributed by atoms with Gasteiger partial charge in [0.25, 0.3) is 10.2 Å². The monoisotopic (exact) mass is 337 g/mol. The first-order chi connectivity index (χ1) is 9.60. The Hall–Kier alpha value is 0.120. The van der Waals surface area contributed by atoms with E-state index in [1.165, 1.54) is 25.7 Å². The maximum Gasteiger partial charge on any atom is 0.280 e. The number of piperidine rings is 1. The van der Waals surface area contributed by atoms with Crippen LogP contribution in [0.25, 0.3) is 0 Å². The second-order valence-electron chi connectivity index (χ2n) is 6.77. The summed E-state index contributed by atoms with van der Waals surface area (Å²) in [6.07, 6.45) is 9.18. The van der Waals surface area contributed by atoms with Crippen LogP contribution in [-0.2, 0) is 10.2 Å². The lowest BCUT2D eigenvalue weighted by Gasteiger charge is -2.33. The molecule has 0 aromatic rings. The molecule has 3 rings (SSSR count). The summed E-state index contributed by atoms with van der Waals surface area (Å²) in [6.45, 7) is 1.12. The second-order valence-corrected chi connectivity index (χ2v) is 8.42. The lowest BCUT2D eigenvalue weighted by atomic mass is 9.84. The molecule has 2 aliphatic carbocycles. The first-order valence-corrected chi connectivity index (χ1v) is 9.53. The number of rotatable bonds is 5. The fraction of sp³-hybridized carbons (Fsp3) is 1.00. The molecule has 7 heteroatoms. The predicted molar refractivity (Wildman–Crippen MR) is 86.6 cm³/mol. The molecule has 2 bridgehead atoms. The van der Waals surface area contributed by atoms with Gasteiger partial charge in [-0.25, -0.2) is 0 Å². The Kier molecular flexibility index (Phi) is 5.93. The first-order valence-electron chi connectivity index (χ1n) is 8.09. The molecule has 3 aliphatic rings. The lowest BCUT2D eigenvalue weighted by Crippen LogP contribution is -2.52. The molecule has 1 heterocycles.